The van der Waals surface area contributed by atoms with Gasteiger partial charge in [0.25, 0.3) is 15.9 Å². The fourth-order valence-electron chi connectivity index (χ4n) is 3.65. The van der Waals surface area contributed by atoms with Crippen LogP contribution in [0.2, 0.25) is 10.0 Å². The molecule has 8 nitrogen and oxygen atoms in total. The van der Waals surface area contributed by atoms with E-state index >= 15 is 0 Å². The van der Waals surface area contributed by atoms with Gasteiger partial charge in [-0.15, -0.1) is 0 Å². The van der Waals surface area contributed by atoms with E-state index < -0.39 is 15.9 Å². The Morgan fingerprint density at radius 3 is 2.30 bits per heavy atom. The minimum Gasteiger partial charge on any atom is -0.322 e. The van der Waals surface area contributed by atoms with Gasteiger partial charge in [-0.25, -0.2) is 28.1 Å². The number of fused-ring (bicyclic) bond motifs is 1. The van der Waals surface area contributed by atoms with Crippen molar-refractivity contribution in [3.05, 3.63) is 107 Å². The van der Waals surface area contributed by atoms with Crippen molar-refractivity contribution in [2.24, 2.45) is 0 Å². The zero-order valence-electron chi connectivity index (χ0n) is 18.9. The highest BCUT2D eigenvalue weighted by Crippen LogP contribution is 2.32. The van der Waals surface area contributed by atoms with Crippen molar-refractivity contribution >= 4 is 61.7 Å². The number of halogens is 2. The third-order valence-corrected chi connectivity index (χ3v) is 7.27. The van der Waals surface area contributed by atoms with Crippen LogP contribution in [0.15, 0.2) is 96.2 Å². The van der Waals surface area contributed by atoms with Gasteiger partial charge in [-0.05, 0) is 60.7 Å². The number of carbonyl (C=O) groups excluding carboxylic acids is 1. The van der Waals surface area contributed by atoms with Crippen LogP contribution in [-0.4, -0.2) is 29.3 Å². The van der Waals surface area contributed by atoms with Crippen molar-refractivity contribution in [1.29, 1.82) is 0 Å². The lowest BCUT2D eigenvalue weighted by molar-refractivity contribution is 0.102. The van der Waals surface area contributed by atoms with E-state index in [1.807, 2.05) is 18.2 Å². The highest BCUT2D eigenvalue weighted by atomic mass is 35.5. The van der Waals surface area contributed by atoms with E-state index in [2.05, 4.69) is 25.0 Å². The van der Waals surface area contributed by atoms with Gasteiger partial charge in [0, 0.05) is 34.1 Å². The van der Waals surface area contributed by atoms with Crippen LogP contribution in [0.25, 0.3) is 22.2 Å². The van der Waals surface area contributed by atoms with E-state index in [0.717, 1.165) is 0 Å². The first-order chi connectivity index (χ1) is 17.8. The molecule has 0 aliphatic rings. The number of sulfonamides is 1. The molecule has 0 aliphatic heterocycles. The molecule has 2 heterocycles. The maximum Gasteiger partial charge on any atom is 0.264 e. The topological polar surface area (TPSA) is 114 Å². The smallest absolute Gasteiger partial charge is 0.264 e. The lowest BCUT2D eigenvalue weighted by atomic mass is 10.0. The third kappa shape index (κ3) is 5.39. The van der Waals surface area contributed by atoms with Gasteiger partial charge in [0.2, 0.25) is 5.95 Å². The molecule has 0 fully saturated rings. The van der Waals surface area contributed by atoms with Gasteiger partial charge >= 0.3 is 0 Å². The van der Waals surface area contributed by atoms with Crippen LogP contribution in [-0.2, 0) is 10.0 Å². The quantitative estimate of drug-likeness (QED) is 0.266. The molecule has 5 rings (SSSR count). The predicted molar refractivity (Wildman–Crippen MR) is 144 cm³/mol. The molecule has 0 saturated heterocycles. The van der Waals surface area contributed by atoms with E-state index in [4.69, 9.17) is 23.2 Å². The van der Waals surface area contributed by atoms with E-state index in [1.54, 1.807) is 36.4 Å². The first-order valence-electron chi connectivity index (χ1n) is 10.9. The molecule has 0 spiro atoms. The summed E-state index contributed by atoms with van der Waals surface area (Å²) in [7, 11) is -3.90. The normalized spacial score (nSPS) is 11.3. The summed E-state index contributed by atoms with van der Waals surface area (Å²) >= 11 is 12.4. The molecular formula is C26H17Cl2N5O3S. The number of anilines is 2. The van der Waals surface area contributed by atoms with Crippen LogP contribution in [0.3, 0.4) is 0 Å². The Balaban J connectivity index is 1.43. The van der Waals surface area contributed by atoms with Gasteiger partial charge < -0.3 is 5.32 Å². The molecule has 0 aliphatic carbocycles. The molecule has 5 aromatic rings. The van der Waals surface area contributed by atoms with Crippen LogP contribution in [0, 0.1) is 0 Å². The summed E-state index contributed by atoms with van der Waals surface area (Å²) in [6.45, 7) is 0. The van der Waals surface area contributed by atoms with Gasteiger partial charge in [-0.2, -0.15) is 0 Å². The minimum absolute atomic E-state index is 0.00743. The van der Waals surface area contributed by atoms with Crippen molar-refractivity contribution in [2.75, 3.05) is 10.0 Å². The Morgan fingerprint density at radius 2 is 1.57 bits per heavy atom. The molecule has 3 aromatic carbocycles. The number of para-hydroxylation sites is 1. The van der Waals surface area contributed by atoms with Gasteiger partial charge in [-0.3, -0.25) is 4.79 Å². The highest BCUT2D eigenvalue weighted by Gasteiger charge is 2.18. The van der Waals surface area contributed by atoms with Gasteiger partial charge in [0.15, 0.2) is 0 Å². The summed E-state index contributed by atoms with van der Waals surface area (Å²) in [5, 5.41) is 4.37. The summed E-state index contributed by atoms with van der Waals surface area (Å²) in [5.74, 6) is -0.433. The minimum atomic E-state index is -3.90. The fraction of sp³-hybridized carbons (Fsp3) is 0. The highest BCUT2D eigenvalue weighted by molar-refractivity contribution is 7.92. The number of rotatable bonds is 6. The standard InChI is InChI=1S/C26H17Cl2N5O3S/c27-16-6-11-20(22(28)14-16)24-15-21(19-4-1-2-5-23(19)32-24)25(34)31-17-7-9-18(10-8-17)37(35,36)33-26-29-12-3-13-30-26/h1-15H,(H,31,34)(H,29,30,33). The Kier molecular flexibility index (Phi) is 6.75. The predicted octanol–water partition coefficient (Wildman–Crippen LogP) is 6.05. The number of aromatic nitrogens is 3. The van der Waals surface area contributed by atoms with Crippen LogP contribution in [0.5, 0.6) is 0 Å². The van der Waals surface area contributed by atoms with Crippen molar-refractivity contribution in [2.45, 2.75) is 4.90 Å². The van der Waals surface area contributed by atoms with Crippen molar-refractivity contribution < 1.29 is 13.2 Å². The van der Waals surface area contributed by atoms with Gasteiger partial charge in [-0.1, -0.05) is 41.4 Å². The lowest BCUT2D eigenvalue weighted by Gasteiger charge is -2.12. The van der Waals surface area contributed by atoms with Crippen molar-refractivity contribution in [3.63, 3.8) is 0 Å². The van der Waals surface area contributed by atoms with Gasteiger partial charge in [0.05, 0.1) is 26.7 Å². The molecule has 11 heteroatoms. The SMILES string of the molecule is O=C(Nc1ccc(S(=O)(=O)Nc2ncccn2)cc1)c1cc(-c2ccc(Cl)cc2Cl)nc2ccccc12. The van der Waals surface area contributed by atoms with Crippen LogP contribution < -0.4 is 10.0 Å². The number of hydrogen-bond acceptors (Lipinski definition) is 6. The number of nitrogens with zero attached hydrogens (tertiary/aromatic N) is 3. The molecule has 1 amide bonds. The van der Waals surface area contributed by atoms with E-state index in [1.165, 1.54) is 36.7 Å². The molecule has 0 saturated carbocycles. The zero-order valence-corrected chi connectivity index (χ0v) is 21.2. The molecule has 0 unspecified atom stereocenters. The first kappa shape index (κ1) is 24.6. The maximum absolute atomic E-state index is 13.3. The average Bonchev–Trinajstić information content (AvgIpc) is 2.88. The Labute approximate surface area is 222 Å². The van der Waals surface area contributed by atoms with E-state index in [0.29, 0.717) is 43.5 Å². The second kappa shape index (κ2) is 10.1. The molecule has 0 atom stereocenters. The number of nitrogens with one attached hydrogen (secondary N) is 2. The summed E-state index contributed by atoms with van der Waals surface area (Å²) in [6.07, 6.45) is 2.86. The fourth-order valence-corrected chi connectivity index (χ4v) is 5.11. The average molecular weight is 550 g/mol. The molecule has 0 radical (unpaired) electrons. The molecule has 2 N–H and O–H groups in total. The third-order valence-electron chi connectivity index (χ3n) is 5.38. The zero-order chi connectivity index (χ0) is 26.0. The van der Waals surface area contributed by atoms with E-state index in [9.17, 15) is 13.2 Å². The number of amides is 1. The number of hydrogen-bond donors (Lipinski definition) is 2. The lowest BCUT2D eigenvalue weighted by Crippen LogP contribution is -2.15. The second-order valence-corrected chi connectivity index (χ2v) is 10.4. The molecule has 184 valence electrons. The van der Waals surface area contributed by atoms with Crippen molar-refractivity contribution in [1.82, 2.24) is 15.0 Å². The Bertz CT molecular complexity index is 1730. The first-order valence-corrected chi connectivity index (χ1v) is 13.1. The number of benzene rings is 3. The summed E-state index contributed by atoms with van der Waals surface area (Å²) in [5.41, 5.74) is 2.56. The molecule has 2 aromatic heterocycles. The second-order valence-electron chi connectivity index (χ2n) is 7.85. The monoisotopic (exact) mass is 549 g/mol. The molecular weight excluding hydrogens is 533 g/mol. The number of pyridine rings is 1. The summed E-state index contributed by atoms with van der Waals surface area (Å²) in [6, 6.07) is 21.3. The Hall–Kier alpha value is -4.05. The van der Waals surface area contributed by atoms with Crippen LogP contribution in [0.1, 0.15) is 10.4 Å². The van der Waals surface area contributed by atoms with Crippen LogP contribution >= 0.6 is 23.2 Å². The summed E-state index contributed by atoms with van der Waals surface area (Å²) < 4.78 is 27.5. The summed E-state index contributed by atoms with van der Waals surface area (Å²) in [4.78, 5) is 25.7. The Morgan fingerprint density at radius 1 is 0.838 bits per heavy atom. The largest absolute Gasteiger partial charge is 0.322 e. The molecule has 0 bridgehead atoms. The molecule has 37 heavy (non-hydrogen) atoms. The van der Waals surface area contributed by atoms with E-state index in [-0.39, 0.29) is 10.8 Å². The van der Waals surface area contributed by atoms with Crippen LogP contribution in [0.4, 0.5) is 11.6 Å². The maximum atomic E-state index is 13.3. The number of carbonyl (C=O) groups is 1. The van der Waals surface area contributed by atoms with Gasteiger partial charge in [0.1, 0.15) is 0 Å². The van der Waals surface area contributed by atoms with Crippen molar-refractivity contribution in [3.8, 4) is 11.3 Å².